The molecular formula is C12H24Ge2. The van der Waals surface area contributed by atoms with E-state index in [0.29, 0.717) is 0 Å². The Morgan fingerprint density at radius 2 is 1.36 bits per heavy atom. The third-order valence-corrected chi connectivity index (χ3v) is 25.3. The first kappa shape index (κ1) is 14.3. The van der Waals surface area contributed by atoms with Gasteiger partial charge in [-0.1, -0.05) is 0 Å². The van der Waals surface area contributed by atoms with Crippen LogP contribution in [0.25, 0.3) is 0 Å². The first-order valence-corrected chi connectivity index (χ1v) is 19.9. The Labute approximate surface area is 94.9 Å². The Morgan fingerprint density at radius 1 is 1.00 bits per heavy atom. The number of rotatable bonds is 3. The first-order valence-electron chi connectivity index (χ1n) is 5.20. The van der Waals surface area contributed by atoms with Crippen molar-refractivity contribution in [2.45, 2.75) is 41.5 Å². The molecule has 0 heterocycles. The zero-order valence-corrected chi connectivity index (χ0v) is 15.0. The van der Waals surface area contributed by atoms with Gasteiger partial charge in [-0.15, -0.1) is 0 Å². The molecule has 0 aromatic heterocycles. The second kappa shape index (κ2) is 4.91. The van der Waals surface area contributed by atoms with E-state index < -0.39 is 26.5 Å². The minimum absolute atomic E-state index is 1.21. The van der Waals surface area contributed by atoms with Crippen LogP contribution in [0.4, 0.5) is 0 Å². The number of allylic oxidation sites excluding steroid dienone is 2. The molecule has 0 nitrogen and oxygen atoms in total. The molecule has 0 unspecified atom stereocenters. The van der Waals surface area contributed by atoms with E-state index in [-0.39, 0.29) is 0 Å². The molecule has 0 amide bonds. The maximum absolute atomic E-state index is 3.81. The van der Waals surface area contributed by atoms with Crippen molar-refractivity contribution in [3.8, 4) is 0 Å². The van der Waals surface area contributed by atoms with Crippen molar-refractivity contribution >= 4 is 26.5 Å². The molecule has 0 spiro atoms. The summed E-state index contributed by atoms with van der Waals surface area (Å²) >= 11 is -3.36. The molecule has 2 heteroatoms. The van der Waals surface area contributed by atoms with Crippen LogP contribution in [0.2, 0.25) is 34.5 Å². The van der Waals surface area contributed by atoms with E-state index in [0.717, 1.165) is 0 Å². The van der Waals surface area contributed by atoms with Crippen LogP contribution in [0.3, 0.4) is 0 Å². The Balaban J connectivity index is 5.59. The monoisotopic (exact) mass is 316 g/mol. The van der Waals surface area contributed by atoms with Gasteiger partial charge < -0.3 is 0 Å². The summed E-state index contributed by atoms with van der Waals surface area (Å²) in [6.45, 7) is 5.91. The SMILES string of the molecule is C=CC(C)=C=[C]([Ge]([CH3])([CH3])[CH3])[Ge]([CH3])([CH3])[CH3]. The van der Waals surface area contributed by atoms with Gasteiger partial charge in [0.15, 0.2) is 0 Å². The quantitative estimate of drug-likeness (QED) is 0.411. The molecule has 0 aliphatic rings. The molecule has 0 radical (unpaired) electrons. The van der Waals surface area contributed by atoms with Gasteiger partial charge >= 0.3 is 95.2 Å². The summed E-state index contributed by atoms with van der Waals surface area (Å²) in [6.07, 6.45) is 1.92. The summed E-state index contributed by atoms with van der Waals surface area (Å²) in [5.74, 6) is 14.8. The summed E-state index contributed by atoms with van der Waals surface area (Å²) in [6, 6.07) is 0. The molecule has 0 bridgehead atoms. The van der Waals surface area contributed by atoms with Gasteiger partial charge in [0.25, 0.3) is 0 Å². The fraction of sp³-hybridized carbons (Fsp3) is 0.583. The van der Waals surface area contributed by atoms with Gasteiger partial charge in [-0.25, -0.2) is 0 Å². The molecule has 0 fully saturated rings. The van der Waals surface area contributed by atoms with Crippen molar-refractivity contribution in [2.75, 3.05) is 0 Å². The van der Waals surface area contributed by atoms with E-state index in [1.54, 1.807) is 3.24 Å². The van der Waals surface area contributed by atoms with E-state index >= 15 is 0 Å². The third-order valence-electron chi connectivity index (χ3n) is 2.13. The van der Waals surface area contributed by atoms with Gasteiger partial charge in [-0.3, -0.25) is 0 Å². The molecule has 0 rings (SSSR count). The Morgan fingerprint density at radius 3 is 1.57 bits per heavy atom. The minimum atomic E-state index is -1.68. The molecule has 80 valence electrons. The fourth-order valence-corrected chi connectivity index (χ4v) is 33.4. The van der Waals surface area contributed by atoms with Crippen LogP contribution in [0, 0.1) is 0 Å². The van der Waals surface area contributed by atoms with Gasteiger partial charge in [0.05, 0.1) is 0 Å². The van der Waals surface area contributed by atoms with Gasteiger partial charge in [0.1, 0.15) is 0 Å². The zero-order valence-electron chi connectivity index (χ0n) is 10.8. The first-order chi connectivity index (χ1) is 6.09. The van der Waals surface area contributed by atoms with Crippen LogP contribution in [0.15, 0.2) is 27.2 Å². The Hall–Kier alpha value is 0.346. The molecule has 0 aliphatic heterocycles. The molecule has 0 aromatic carbocycles. The van der Waals surface area contributed by atoms with Gasteiger partial charge in [-0.2, -0.15) is 0 Å². The average molecular weight is 314 g/mol. The van der Waals surface area contributed by atoms with E-state index in [4.69, 9.17) is 0 Å². The number of hydrogen-bond donors (Lipinski definition) is 0. The van der Waals surface area contributed by atoms with Crippen molar-refractivity contribution in [2.24, 2.45) is 0 Å². The zero-order chi connectivity index (χ0) is 11.6. The Kier molecular flexibility index (Phi) is 5.04. The molecule has 0 saturated carbocycles. The molecule has 0 aliphatic carbocycles. The van der Waals surface area contributed by atoms with Gasteiger partial charge in [0.2, 0.25) is 0 Å². The van der Waals surface area contributed by atoms with E-state index in [2.05, 4.69) is 53.8 Å². The normalized spacial score (nSPS) is 11.9. The summed E-state index contributed by atoms with van der Waals surface area (Å²) in [5.41, 5.74) is 4.84. The predicted octanol–water partition coefficient (Wildman–Crippen LogP) is 4.40. The summed E-state index contributed by atoms with van der Waals surface area (Å²) in [5, 5.41) is 0. The van der Waals surface area contributed by atoms with Crippen molar-refractivity contribution in [1.82, 2.24) is 0 Å². The van der Waals surface area contributed by atoms with Crippen molar-refractivity contribution in [3.63, 3.8) is 0 Å². The second-order valence-electron chi connectivity index (χ2n) is 5.89. The standard InChI is InChI=1S/C12H24Ge2/c1-9-11(2)10-12(13(3,4)5)14(6,7)8/h9H,1H2,2-8H3. The van der Waals surface area contributed by atoms with Crippen LogP contribution >= 0.6 is 0 Å². The summed E-state index contributed by atoms with van der Waals surface area (Å²) in [7, 11) is 0. The van der Waals surface area contributed by atoms with Crippen molar-refractivity contribution in [1.29, 1.82) is 0 Å². The fourth-order valence-electron chi connectivity index (χ4n) is 1.75. The van der Waals surface area contributed by atoms with Gasteiger partial charge in [-0.05, 0) is 0 Å². The van der Waals surface area contributed by atoms with Crippen LogP contribution in [-0.2, 0) is 0 Å². The topological polar surface area (TPSA) is 0 Å². The van der Waals surface area contributed by atoms with Crippen molar-refractivity contribution < 1.29 is 0 Å². The predicted molar refractivity (Wildman–Crippen MR) is 73.1 cm³/mol. The number of hydrogen-bond acceptors (Lipinski definition) is 0. The van der Waals surface area contributed by atoms with E-state index in [1.807, 2.05) is 6.08 Å². The molecular weight excluding hydrogens is 289 g/mol. The molecule has 0 aromatic rings. The molecule has 14 heavy (non-hydrogen) atoms. The molecule has 0 saturated heterocycles. The average Bonchev–Trinajstić information content (AvgIpc) is 1.95. The molecule has 0 atom stereocenters. The van der Waals surface area contributed by atoms with Crippen LogP contribution in [0.5, 0.6) is 0 Å². The van der Waals surface area contributed by atoms with Crippen LogP contribution < -0.4 is 0 Å². The Bertz CT molecular complexity index is 262. The third kappa shape index (κ3) is 4.72. The van der Waals surface area contributed by atoms with E-state index in [9.17, 15) is 0 Å². The van der Waals surface area contributed by atoms with E-state index in [1.165, 1.54) is 5.57 Å². The van der Waals surface area contributed by atoms with Crippen LogP contribution in [0.1, 0.15) is 6.92 Å². The summed E-state index contributed by atoms with van der Waals surface area (Å²) < 4.78 is 1.72. The maximum atomic E-state index is 3.81. The van der Waals surface area contributed by atoms with Crippen LogP contribution in [-0.4, -0.2) is 26.5 Å². The van der Waals surface area contributed by atoms with Gasteiger partial charge in [0, 0.05) is 0 Å². The van der Waals surface area contributed by atoms with Crippen molar-refractivity contribution in [3.05, 3.63) is 27.2 Å². The molecule has 0 N–H and O–H groups in total. The second-order valence-corrected chi connectivity index (χ2v) is 29.1. The summed E-state index contributed by atoms with van der Waals surface area (Å²) in [4.78, 5) is 0.